The summed E-state index contributed by atoms with van der Waals surface area (Å²) in [5, 5.41) is 0.896. The molecule has 0 aromatic heterocycles. The largest absolute Gasteiger partial charge is 0.493 e. The first-order chi connectivity index (χ1) is 10.7. The maximum atomic E-state index is 12.0. The van der Waals surface area contributed by atoms with Crippen LogP contribution in [0.4, 0.5) is 0 Å². The van der Waals surface area contributed by atoms with E-state index in [4.69, 9.17) is 9.47 Å². The fourth-order valence-electron chi connectivity index (χ4n) is 2.35. The van der Waals surface area contributed by atoms with Crippen molar-refractivity contribution in [2.75, 3.05) is 26.5 Å². The van der Waals surface area contributed by atoms with Gasteiger partial charge in [0.25, 0.3) is 0 Å². The second kappa shape index (κ2) is 6.60. The summed E-state index contributed by atoms with van der Waals surface area (Å²) in [5.41, 5.74) is 1.12. The highest BCUT2D eigenvalue weighted by atomic mass is 32.2. The van der Waals surface area contributed by atoms with Crippen LogP contribution in [0.1, 0.15) is 18.4 Å². The summed E-state index contributed by atoms with van der Waals surface area (Å²) in [5.74, 6) is 2.10. The Kier molecular flexibility index (Phi) is 4.57. The number of carbonyl (C=O) groups excluding carboxylic acids is 1. The van der Waals surface area contributed by atoms with Crippen molar-refractivity contribution in [3.05, 3.63) is 23.8 Å². The molecule has 2 aliphatic rings. The van der Waals surface area contributed by atoms with Crippen LogP contribution in [0.25, 0.3) is 0 Å². The van der Waals surface area contributed by atoms with Gasteiger partial charge in [-0.1, -0.05) is 17.8 Å². The Morgan fingerprint density at radius 2 is 2.05 bits per heavy atom. The summed E-state index contributed by atoms with van der Waals surface area (Å²) >= 11 is 1.56. The van der Waals surface area contributed by atoms with Gasteiger partial charge in [0.05, 0.1) is 26.0 Å². The number of ether oxygens (including phenoxy) is 2. The number of hydrogen-bond acceptors (Lipinski definition) is 5. The Labute approximate surface area is 134 Å². The van der Waals surface area contributed by atoms with E-state index in [1.165, 1.54) is 0 Å². The zero-order chi connectivity index (χ0) is 15.5. The lowest BCUT2D eigenvalue weighted by Crippen LogP contribution is -2.31. The number of nitrogens with zero attached hydrogens (tertiary/aromatic N) is 2. The van der Waals surface area contributed by atoms with Crippen LogP contribution in [0.5, 0.6) is 11.5 Å². The van der Waals surface area contributed by atoms with E-state index >= 15 is 0 Å². The zero-order valence-electron chi connectivity index (χ0n) is 12.9. The molecule has 1 aliphatic carbocycles. The third-order valence-electron chi connectivity index (χ3n) is 3.77. The lowest BCUT2D eigenvalue weighted by atomic mass is 10.1. The molecule has 1 saturated heterocycles. The van der Waals surface area contributed by atoms with Gasteiger partial charge in [-0.3, -0.25) is 14.7 Å². The van der Waals surface area contributed by atoms with Gasteiger partial charge in [-0.05, 0) is 37.0 Å². The molecule has 0 radical (unpaired) electrons. The number of thioether (sulfide) groups is 1. The molecule has 1 saturated carbocycles. The van der Waals surface area contributed by atoms with Gasteiger partial charge in [0.2, 0.25) is 5.91 Å². The van der Waals surface area contributed by atoms with Crippen molar-refractivity contribution in [1.29, 1.82) is 0 Å². The Morgan fingerprint density at radius 3 is 2.73 bits per heavy atom. The van der Waals surface area contributed by atoms with Crippen LogP contribution < -0.4 is 9.47 Å². The summed E-state index contributed by atoms with van der Waals surface area (Å²) in [6.07, 6.45) is 3.08. The first kappa shape index (κ1) is 15.2. The van der Waals surface area contributed by atoms with Gasteiger partial charge in [0.1, 0.15) is 0 Å². The average Bonchev–Trinajstić information content (AvgIpc) is 3.29. The van der Waals surface area contributed by atoms with E-state index in [0.29, 0.717) is 24.1 Å². The second-order valence-corrected chi connectivity index (χ2v) is 6.36. The summed E-state index contributed by atoms with van der Waals surface area (Å²) in [6, 6.07) is 6.31. The van der Waals surface area contributed by atoms with Crippen molar-refractivity contribution in [3.8, 4) is 11.5 Å². The highest BCUT2D eigenvalue weighted by molar-refractivity contribution is 8.15. The molecule has 2 fully saturated rings. The number of aliphatic imine (C=N–C) groups is 1. The molecule has 1 aliphatic heterocycles. The number of carbonyl (C=O) groups is 1. The molecule has 0 atom stereocenters. The lowest BCUT2D eigenvalue weighted by molar-refractivity contribution is -0.124. The lowest BCUT2D eigenvalue weighted by Gasteiger charge is -2.16. The predicted octanol–water partition coefficient (Wildman–Crippen LogP) is 2.34. The third kappa shape index (κ3) is 3.38. The zero-order valence-corrected chi connectivity index (χ0v) is 13.7. The highest BCUT2D eigenvalue weighted by Crippen LogP contribution is 2.30. The van der Waals surface area contributed by atoms with Crippen LogP contribution in [0, 0.1) is 0 Å². The number of rotatable bonds is 6. The minimum atomic E-state index is 0.157. The minimum absolute atomic E-state index is 0.157. The molecule has 5 nitrogen and oxygen atoms in total. The molecule has 0 N–H and O–H groups in total. The Morgan fingerprint density at radius 1 is 1.27 bits per heavy atom. The number of methoxy groups -OCH3 is 2. The van der Waals surface area contributed by atoms with Gasteiger partial charge in [-0.25, -0.2) is 0 Å². The molecule has 3 rings (SSSR count). The van der Waals surface area contributed by atoms with E-state index in [1.54, 1.807) is 26.0 Å². The summed E-state index contributed by atoms with van der Waals surface area (Å²) in [6.45, 7) is 0.660. The number of amidine groups is 1. The van der Waals surface area contributed by atoms with Crippen molar-refractivity contribution in [2.45, 2.75) is 25.3 Å². The summed E-state index contributed by atoms with van der Waals surface area (Å²) in [4.78, 5) is 18.5. The van der Waals surface area contributed by atoms with Crippen molar-refractivity contribution in [1.82, 2.24) is 4.90 Å². The van der Waals surface area contributed by atoms with E-state index in [1.807, 2.05) is 23.1 Å². The maximum absolute atomic E-state index is 12.0. The molecular formula is C16H20N2O3S. The summed E-state index contributed by atoms with van der Waals surface area (Å²) < 4.78 is 10.6. The van der Waals surface area contributed by atoms with E-state index in [-0.39, 0.29) is 5.91 Å². The van der Waals surface area contributed by atoms with Crippen LogP contribution >= 0.6 is 11.8 Å². The van der Waals surface area contributed by atoms with Crippen LogP contribution in [-0.2, 0) is 11.2 Å². The smallest absolute Gasteiger partial charge is 0.239 e. The monoisotopic (exact) mass is 320 g/mol. The predicted molar refractivity (Wildman–Crippen MR) is 87.9 cm³/mol. The Balaban J connectivity index is 1.67. The highest BCUT2D eigenvalue weighted by Gasteiger charge is 2.30. The fourth-order valence-corrected chi connectivity index (χ4v) is 3.33. The first-order valence-electron chi connectivity index (χ1n) is 7.43. The van der Waals surface area contributed by atoms with Gasteiger partial charge in [-0.2, -0.15) is 0 Å². The molecular weight excluding hydrogens is 300 g/mol. The Hall–Kier alpha value is -1.69. The number of hydrogen-bond donors (Lipinski definition) is 0. The van der Waals surface area contributed by atoms with E-state index in [2.05, 4.69) is 4.99 Å². The first-order valence-corrected chi connectivity index (χ1v) is 8.41. The van der Waals surface area contributed by atoms with E-state index in [0.717, 1.165) is 35.7 Å². The van der Waals surface area contributed by atoms with Gasteiger partial charge in [0.15, 0.2) is 16.7 Å². The van der Waals surface area contributed by atoms with Crippen LogP contribution in [0.2, 0.25) is 0 Å². The van der Waals surface area contributed by atoms with Gasteiger partial charge in [0, 0.05) is 6.54 Å². The van der Waals surface area contributed by atoms with Gasteiger partial charge < -0.3 is 9.47 Å². The maximum Gasteiger partial charge on any atom is 0.239 e. The van der Waals surface area contributed by atoms with Crippen LogP contribution in [0.3, 0.4) is 0 Å². The van der Waals surface area contributed by atoms with Gasteiger partial charge >= 0.3 is 0 Å². The number of benzene rings is 1. The van der Waals surface area contributed by atoms with Crippen molar-refractivity contribution in [2.24, 2.45) is 4.99 Å². The third-order valence-corrected chi connectivity index (χ3v) is 4.74. The fraction of sp³-hybridized carbons (Fsp3) is 0.500. The quantitative estimate of drug-likeness (QED) is 0.807. The minimum Gasteiger partial charge on any atom is -0.493 e. The average molecular weight is 320 g/mol. The Bertz CT molecular complexity index is 599. The van der Waals surface area contributed by atoms with E-state index < -0.39 is 0 Å². The van der Waals surface area contributed by atoms with Crippen LogP contribution in [0.15, 0.2) is 23.2 Å². The summed E-state index contributed by atoms with van der Waals surface area (Å²) in [7, 11) is 3.25. The topological polar surface area (TPSA) is 51.1 Å². The molecule has 1 amide bonds. The van der Waals surface area contributed by atoms with E-state index in [9.17, 15) is 4.79 Å². The molecule has 1 aromatic carbocycles. The standard InChI is InChI=1S/C16H20N2O3S/c1-20-13-6-3-11(9-14(13)21-2)7-8-18-15(19)10-22-16(18)17-12-4-5-12/h3,6,9,12H,4-5,7-8,10H2,1-2H3. The molecule has 0 spiro atoms. The second-order valence-electron chi connectivity index (χ2n) is 5.42. The SMILES string of the molecule is COc1ccc(CCN2C(=O)CSC2=NC2CC2)cc1OC. The van der Waals surface area contributed by atoms with Crippen LogP contribution in [-0.4, -0.2) is 48.5 Å². The van der Waals surface area contributed by atoms with Gasteiger partial charge in [-0.15, -0.1) is 0 Å². The molecule has 118 valence electrons. The molecule has 22 heavy (non-hydrogen) atoms. The normalized spacial score (nSPS) is 19.8. The molecule has 6 heteroatoms. The van der Waals surface area contributed by atoms with Crippen molar-refractivity contribution in [3.63, 3.8) is 0 Å². The molecule has 1 heterocycles. The van der Waals surface area contributed by atoms with Crippen molar-refractivity contribution >= 4 is 22.8 Å². The molecule has 0 unspecified atom stereocenters. The number of amides is 1. The molecule has 1 aromatic rings. The molecule has 0 bridgehead atoms. The van der Waals surface area contributed by atoms with Crippen molar-refractivity contribution < 1.29 is 14.3 Å².